The predicted octanol–water partition coefficient (Wildman–Crippen LogP) is 3.13. The molecule has 0 amide bonds. The summed E-state index contributed by atoms with van der Waals surface area (Å²) in [5.41, 5.74) is 0. The van der Waals surface area contributed by atoms with E-state index in [1.165, 1.54) is 0 Å². The van der Waals surface area contributed by atoms with Crippen molar-refractivity contribution in [1.82, 2.24) is 0 Å². The van der Waals surface area contributed by atoms with Crippen molar-refractivity contribution in [3.63, 3.8) is 0 Å². The van der Waals surface area contributed by atoms with E-state index in [4.69, 9.17) is 9.47 Å². The second-order valence-corrected chi connectivity index (χ2v) is 3.90. The Labute approximate surface area is 103 Å². The van der Waals surface area contributed by atoms with Gasteiger partial charge >= 0.3 is 0 Å². The Bertz CT molecular complexity index is 319. The molecule has 1 rings (SSSR count). The summed E-state index contributed by atoms with van der Waals surface area (Å²) in [6.07, 6.45) is 5.44. The number of unbranched alkanes of at least 4 members (excludes halogenated alkanes) is 2. The summed E-state index contributed by atoms with van der Waals surface area (Å²) in [5, 5.41) is 0. The van der Waals surface area contributed by atoms with Gasteiger partial charge in [-0.25, -0.2) is 0 Å². The third-order valence-electron chi connectivity index (χ3n) is 2.54. The van der Waals surface area contributed by atoms with Gasteiger partial charge < -0.3 is 9.47 Å². The summed E-state index contributed by atoms with van der Waals surface area (Å²) in [6.45, 7) is 2.13. The largest absolute Gasteiger partial charge is 0.497 e. The van der Waals surface area contributed by atoms with E-state index >= 15 is 0 Å². The van der Waals surface area contributed by atoms with E-state index < -0.39 is 6.10 Å². The van der Waals surface area contributed by atoms with Gasteiger partial charge in [0, 0.05) is 0 Å². The van der Waals surface area contributed by atoms with Gasteiger partial charge in [0.2, 0.25) is 6.29 Å². The van der Waals surface area contributed by atoms with Crippen LogP contribution in [0.25, 0.3) is 0 Å². The van der Waals surface area contributed by atoms with Crippen LogP contribution in [0, 0.1) is 0 Å². The predicted molar refractivity (Wildman–Crippen MR) is 67.2 cm³/mol. The molecule has 93 valence electrons. The van der Waals surface area contributed by atoms with E-state index in [1.807, 2.05) is 18.4 Å². The molecule has 0 bridgehead atoms. The lowest BCUT2D eigenvalue weighted by atomic mass is 10.1. The number of methoxy groups -OCH3 is 1. The molecule has 1 aromatic carbocycles. The Balaban J connectivity index is 2.45. The van der Waals surface area contributed by atoms with E-state index in [-0.39, 0.29) is 0 Å². The Hall–Kier alpha value is -1.51. The van der Waals surface area contributed by atoms with Gasteiger partial charge in [-0.3, -0.25) is 4.79 Å². The van der Waals surface area contributed by atoms with Crippen LogP contribution < -0.4 is 9.47 Å². The second-order valence-electron chi connectivity index (χ2n) is 3.90. The molecule has 0 aliphatic rings. The fraction of sp³-hybridized carbons (Fsp3) is 0.500. The lowest BCUT2D eigenvalue weighted by molar-refractivity contribution is 0.244. The minimum absolute atomic E-state index is 0.463. The molecule has 0 heterocycles. The number of benzene rings is 1. The normalized spacial score (nSPS) is 11.9. The van der Waals surface area contributed by atoms with Crippen LogP contribution in [0.5, 0.6) is 11.5 Å². The highest BCUT2D eigenvalue weighted by Gasteiger charge is 2.09. The second kappa shape index (κ2) is 7.71. The van der Waals surface area contributed by atoms with E-state index in [0.717, 1.165) is 31.4 Å². The van der Waals surface area contributed by atoms with Gasteiger partial charge in [0.15, 0.2) is 6.10 Å². The van der Waals surface area contributed by atoms with Gasteiger partial charge in [0.25, 0.3) is 0 Å². The lowest BCUT2D eigenvalue weighted by Gasteiger charge is -2.12. The zero-order valence-electron chi connectivity index (χ0n) is 10.4. The van der Waals surface area contributed by atoms with Crippen molar-refractivity contribution in [2.24, 2.45) is 0 Å². The molecule has 3 nitrogen and oxygen atoms in total. The maximum absolute atomic E-state index is 10.8. The Morgan fingerprint density at radius 2 is 1.82 bits per heavy atom. The van der Waals surface area contributed by atoms with Crippen molar-refractivity contribution in [2.45, 2.75) is 38.7 Å². The van der Waals surface area contributed by atoms with Crippen LogP contribution in [-0.4, -0.2) is 19.5 Å². The van der Waals surface area contributed by atoms with Crippen LogP contribution in [-0.2, 0) is 4.79 Å². The number of carbonyl (C=O) groups excluding carboxylic acids is 1. The minimum atomic E-state index is -0.463. The van der Waals surface area contributed by atoms with E-state index in [1.54, 1.807) is 19.2 Å². The average molecular weight is 235 g/mol. The molecule has 0 aromatic heterocycles. The number of hydrogen-bond acceptors (Lipinski definition) is 3. The van der Waals surface area contributed by atoms with Crippen molar-refractivity contribution in [3.05, 3.63) is 24.3 Å². The number of hydrogen-bond donors (Lipinski definition) is 0. The highest BCUT2D eigenvalue weighted by molar-refractivity contribution is 5.57. The van der Waals surface area contributed by atoms with Gasteiger partial charge in [-0.05, 0) is 37.1 Å². The Morgan fingerprint density at radius 1 is 1.18 bits per heavy atom. The van der Waals surface area contributed by atoms with E-state index in [0.29, 0.717) is 5.75 Å². The van der Waals surface area contributed by atoms with Crippen molar-refractivity contribution in [3.8, 4) is 11.5 Å². The molecule has 0 spiro atoms. The first kappa shape index (κ1) is 13.6. The topological polar surface area (TPSA) is 35.5 Å². The Morgan fingerprint density at radius 3 is 2.35 bits per heavy atom. The summed E-state index contributed by atoms with van der Waals surface area (Å²) >= 11 is 0. The molecule has 17 heavy (non-hydrogen) atoms. The van der Waals surface area contributed by atoms with Crippen molar-refractivity contribution < 1.29 is 14.3 Å². The molecule has 3 heteroatoms. The quantitative estimate of drug-likeness (QED) is 0.649. The van der Waals surface area contributed by atoms with Crippen LogP contribution in [0.1, 0.15) is 32.6 Å². The van der Waals surface area contributed by atoms with Crippen LogP contribution in [0.15, 0.2) is 24.3 Å². The van der Waals surface area contributed by atoms with Gasteiger partial charge in [-0.1, -0.05) is 19.8 Å². The molecule has 0 aliphatic heterocycles. The van der Waals surface area contributed by atoms with Crippen molar-refractivity contribution in [2.75, 3.05) is 7.11 Å². The highest BCUT2D eigenvalue weighted by atomic mass is 16.5. The fourth-order valence-electron chi connectivity index (χ4n) is 1.54. The first-order chi connectivity index (χ1) is 8.30. The first-order valence-corrected chi connectivity index (χ1v) is 5.98. The summed E-state index contributed by atoms with van der Waals surface area (Å²) in [5.74, 6) is 1.45. The fourth-order valence-corrected chi connectivity index (χ4v) is 1.54. The summed E-state index contributed by atoms with van der Waals surface area (Å²) in [7, 11) is 1.61. The van der Waals surface area contributed by atoms with E-state index in [9.17, 15) is 4.79 Å². The maximum Gasteiger partial charge on any atom is 0.242 e. The molecule has 0 N–H and O–H groups in total. The number of ether oxygens (including phenoxy) is 2. The molecule has 0 saturated carbocycles. The summed E-state index contributed by atoms with van der Waals surface area (Å²) in [6, 6.07) is 7.21. The van der Waals surface area contributed by atoms with Crippen LogP contribution in [0.3, 0.4) is 0 Å². The molecule has 0 fully saturated rings. The third kappa shape index (κ3) is 4.89. The van der Waals surface area contributed by atoms with Crippen LogP contribution >= 0.6 is 0 Å². The lowest BCUT2D eigenvalue weighted by Crippen LogP contribution is -2.17. The molecular weight excluding hydrogens is 216 g/mol. The zero-order valence-corrected chi connectivity index (χ0v) is 10.4. The SMILES string of the molecule is CCCCCC([C]=O)Oc1ccc(OC)cc1. The maximum atomic E-state index is 10.8. The Kier molecular flexibility index (Phi) is 6.15. The average Bonchev–Trinajstić information content (AvgIpc) is 2.38. The molecule has 1 aromatic rings. The minimum Gasteiger partial charge on any atom is -0.497 e. The molecular formula is C14H19O3. The molecule has 1 atom stereocenters. The first-order valence-electron chi connectivity index (χ1n) is 5.98. The molecule has 0 aliphatic carbocycles. The standard InChI is InChI=1S/C14H19O3/c1-3-4-5-6-14(11-15)17-13-9-7-12(16-2)8-10-13/h7-10,14H,3-6H2,1-2H3. The number of rotatable bonds is 8. The zero-order chi connectivity index (χ0) is 12.5. The van der Waals surface area contributed by atoms with Crippen molar-refractivity contribution >= 4 is 6.29 Å². The van der Waals surface area contributed by atoms with E-state index in [2.05, 4.69) is 6.92 Å². The van der Waals surface area contributed by atoms with Gasteiger partial charge in [0.05, 0.1) is 7.11 Å². The van der Waals surface area contributed by atoms with Crippen LogP contribution in [0.2, 0.25) is 0 Å². The third-order valence-corrected chi connectivity index (χ3v) is 2.54. The molecule has 1 unspecified atom stereocenters. The van der Waals surface area contributed by atoms with Gasteiger partial charge in [-0.15, -0.1) is 0 Å². The van der Waals surface area contributed by atoms with Crippen LogP contribution in [0.4, 0.5) is 0 Å². The highest BCUT2D eigenvalue weighted by Crippen LogP contribution is 2.19. The molecule has 0 saturated heterocycles. The molecule has 1 radical (unpaired) electrons. The summed E-state index contributed by atoms with van der Waals surface area (Å²) in [4.78, 5) is 10.8. The monoisotopic (exact) mass is 235 g/mol. The smallest absolute Gasteiger partial charge is 0.242 e. The van der Waals surface area contributed by atoms with Crippen molar-refractivity contribution in [1.29, 1.82) is 0 Å². The summed E-state index contributed by atoms with van der Waals surface area (Å²) < 4.78 is 10.6. The van der Waals surface area contributed by atoms with Gasteiger partial charge in [0.1, 0.15) is 11.5 Å². The van der Waals surface area contributed by atoms with Gasteiger partial charge in [-0.2, -0.15) is 0 Å².